The molecule has 8 heteroatoms. The molecule has 0 saturated heterocycles. The van der Waals surface area contributed by atoms with E-state index in [0.717, 1.165) is 5.56 Å². The Kier molecular flexibility index (Phi) is 5.50. The molecule has 2 aromatic carbocycles. The molecule has 1 heterocycles. The summed E-state index contributed by atoms with van der Waals surface area (Å²) in [4.78, 5) is 22.5. The minimum Gasteiger partial charge on any atom is -0.496 e. The molecular weight excluding hydrogens is 362 g/mol. The van der Waals surface area contributed by atoms with Gasteiger partial charge in [0, 0.05) is 17.7 Å². The van der Waals surface area contributed by atoms with Crippen LogP contribution in [0.2, 0.25) is 0 Å². The van der Waals surface area contributed by atoms with Crippen molar-refractivity contribution in [2.75, 3.05) is 7.11 Å². The molecule has 0 unspecified atom stereocenters. The minimum absolute atomic E-state index is 0.0761. The molecule has 0 spiro atoms. The Morgan fingerprint density at radius 2 is 1.93 bits per heavy atom. The van der Waals surface area contributed by atoms with Crippen LogP contribution in [0.25, 0.3) is 11.3 Å². The molecule has 3 rings (SSSR count). The van der Waals surface area contributed by atoms with Crippen molar-refractivity contribution in [3.63, 3.8) is 0 Å². The van der Waals surface area contributed by atoms with Crippen LogP contribution in [-0.2, 0) is 0 Å². The van der Waals surface area contributed by atoms with Crippen LogP contribution in [0.4, 0.5) is 5.69 Å². The highest BCUT2D eigenvalue weighted by Gasteiger charge is 2.15. The average molecular weight is 379 g/mol. The minimum atomic E-state index is -0.491. The van der Waals surface area contributed by atoms with Crippen LogP contribution in [0.15, 0.2) is 64.1 Å². The average Bonchev–Trinajstić information content (AvgIpc) is 3.16. The number of amides is 1. The van der Waals surface area contributed by atoms with Crippen molar-refractivity contribution >= 4 is 17.8 Å². The highest BCUT2D eigenvalue weighted by Crippen LogP contribution is 2.34. The molecule has 3 aromatic rings. The molecule has 0 fully saturated rings. The van der Waals surface area contributed by atoms with Crippen LogP contribution in [0, 0.1) is 17.0 Å². The van der Waals surface area contributed by atoms with Gasteiger partial charge in [0.1, 0.15) is 17.3 Å². The molecule has 0 bridgehead atoms. The fourth-order valence-electron chi connectivity index (χ4n) is 2.49. The van der Waals surface area contributed by atoms with Crippen molar-refractivity contribution in [2.45, 2.75) is 6.92 Å². The highest BCUT2D eigenvalue weighted by molar-refractivity contribution is 5.94. The summed E-state index contributed by atoms with van der Waals surface area (Å²) in [6.07, 6.45) is 1.35. The van der Waals surface area contributed by atoms with Gasteiger partial charge in [-0.2, -0.15) is 5.10 Å². The summed E-state index contributed by atoms with van der Waals surface area (Å²) >= 11 is 0. The van der Waals surface area contributed by atoms with E-state index in [9.17, 15) is 14.9 Å². The first-order valence-electron chi connectivity index (χ1n) is 8.30. The molecule has 8 nitrogen and oxygen atoms in total. The molecule has 0 atom stereocenters. The first-order chi connectivity index (χ1) is 13.5. The van der Waals surface area contributed by atoms with Crippen molar-refractivity contribution in [1.29, 1.82) is 0 Å². The number of carbonyl (C=O) groups excluding carboxylic acids is 1. The van der Waals surface area contributed by atoms with Gasteiger partial charge in [-0.1, -0.05) is 17.7 Å². The van der Waals surface area contributed by atoms with Gasteiger partial charge in [0.15, 0.2) is 0 Å². The number of carbonyl (C=O) groups is 1. The number of hydrogen-bond donors (Lipinski definition) is 1. The lowest BCUT2D eigenvalue weighted by atomic mass is 10.1. The van der Waals surface area contributed by atoms with Crippen molar-refractivity contribution in [3.05, 3.63) is 81.6 Å². The Morgan fingerprint density at radius 3 is 2.61 bits per heavy atom. The van der Waals surface area contributed by atoms with Crippen LogP contribution in [0.3, 0.4) is 0 Å². The number of nitrogens with one attached hydrogen (secondary N) is 1. The maximum absolute atomic E-state index is 12.0. The number of methoxy groups -OCH3 is 1. The fourth-order valence-corrected chi connectivity index (χ4v) is 2.49. The molecule has 0 radical (unpaired) electrons. The third-order valence-corrected chi connectivity index (χ3v) is 3.96. The van der Waals surface area contributed by atoms with E-state index in [-0.39, 0.29) is 11.6 Å². The van der Waals surface area contributed by atoms with Gasteiger partial charge in [-0.3, -0.25) is 14.9 Å². The number of furan rings is 1. The second kappa shape index (κ2) is 8.17. The van der Waals surface area contributed by atoms with Crippen molar-refractivity contribution in [1.82, 2.24) is 5.43 Å². The third kappa shape index (κ3) is 4.24. The molecule has 0 aliphatic rings. The predicted molar refractivity (Wildman–Crippen MR) is 104 cm³/mol. The number of nitrogens with zero attached hydrogens (tertiary/aromatic N) is 2. The number of aryl methyl sites for hydroxylation is 1. The maximum atomic E-state index is 12.0. The molecule has 1 amide bonds. The number of ether oxygens (including phenoxy) is 1. The Balaban J connectivity index is 1.74. The molecule has 0 aliphatic carbocycles. The largest absolute Gasteiger partial charge is 0.496 e. The normalized spacial score (nSPS) is 10.8. The van der Waals surface area contributed by atoms with Crippen molar-refractivity contribution in [2.24, 2.45) is 5.10 Å². The zero-order chi connectivity index (χ0) is 20.1. The van der Waals surface area contributed by atoms with E-state index in [1.165, 1.54) is 31.5 Å². The van der Waals surface area contributed by atoms with Crippen LogP contribution < -0.4 is 10.2 Å². The smallest absolute Gasteiger partial charge is 0.271 e. The second-order valence-electron chi connectivity index (χ2n) is 5.91. The zero-order valence-electron chi connectivity index (χ0n) is 15.2. The number of hydrazone groups is 1. The van der Waals surface area contributed by atoms with E-state index in [1.54, 1.807) is 24.3 Å². The molecule has 0 saturated carbocycles. The van der Waals surface area contributed by atoms with Crippen LogP contribution in [-0.4, -0.2) is 24.2 Å². The summed E-state index contributed by atoms with van der Waals surface area (Å²) in [7, 11) is 1.47. The van der Waals surface area contributed by atoms with Crippen LogP contribution in [0.5, 0.6) is 5.75 Å². The standard InChI is InChI=1S/C20H17N3O5/c1-13-3-5-14(6-4-13)20(24)22-21-12-16-8-10-19(28-16)17-11-15(23(25)26)7-9-18(17)27-2/h3-12H,1-2H3,(H,22,24)/b21-12+. The molecule has 1 aromatic heterocycles. The topological polar surface area (TPSA) is 107 Å². The van der Waals surface area contributed by atoms with Gasteiger partial charge in [0.2, 0.25) is 0 Å². The summed E-state index contributed by atoms with van der Waals surface area (Å²) in [6, 6.07) is 14.6. The predicted octanol–water partition coefficient (Wildman–Crippen LogP) is 3.94. The molecule has 0 aliphatic heterocycles. The van der Waals surface area contributed by atoms with Gasteiger partial charge >= 0.3 is 0 Å². The molecular formula is C20H17N3O5. The van der Waals surface area contributed by atoms with E-state index in [2.05, 4.69) is 10.5 Å². The second-order valence-corrected chi connectivity index (χ2v) is 5.91. The number of nitro benzene ring substituents is 1. The lowest BCUT2D eigenvalue weighted by Gasteiger charge is -2.05. The first kappa shape index (κ1) is 18.8. The van der Waals surface area contributed by atoms with Crippen LogP contribution >= 0.6 is 0 Å². The summed E-state index contributed by atoms with van der Waals surface area (Å²) in [5, 5.41) is 14.9. The fraction of sp³-hybridized carbons (Fsp3) is 0.100. The molecule has 1 N–H and O–H groups in total. The van der Waals surface area contributed by atoms with Crippen molar-refractivity contribution in [3.8, 4) is 17.1 Å². The monoisotopic (exact) mass is 379 g/mol. The van der Waals surface area contributed by atoms with E-state index < -0.39 is 4.92 Å². The van der Waals surface area contributed by atoms with Crippen LogP contribution in [0.1, 0.15) is 21.7 Å². The lowest BCUT2D eigenvalue weighted by molar-refractivity contribution is -0.384. The number of hydrogen-bond acceptors (Lipinski definition) is 6. The summed E-state index contributed by atoms with van der Waals surface area (Å²) < 4.78 is 10.9. The number of nitro groups is 1. The Bertz CT molecular complexity index is 1040. The Morgan fingerprint density at radius 1 is 1.18 bits per heavy atom. The first-order valence-corrected chi connectivity index (χ1v) is 8.30. The maximum Gasteiger partial charge on any atom is 0.271 e. The molecule has 142 valence electrons. The SMILES string of the molecule is COc1ccc([N+](=O)[O-])cc1-c1ccc(/C=N/NC(=O)c2ccc(C)cc2)o1. The third-order valence-electron chi connectivity index (χ3n) is 3.96. The van der Waals surface area contributed by atoms with Gasteiger partial charge in [0.25, 0.3) is 11.6 Å². The van der Waals surface area contributed by atoms with Gasteiger partial charge in [-0.25, -0.2) is 5.43 Å². The Labute approximate surface area is 160 Å². The van der Waals surface area contributed by atoms with Crippen molar-refractivity contribution < 1.29 is 18.9 Å². The number of non-ortho nitro benzene ring substituents is 1. The van der Waals surface area contributed by atoms with Gasteiger partial charge in [-0.05, 0) is 37.3 Å². The Hall–Kier alpha value is -3.94. The summed E-state index contributed by atoms with van der Waals surface area (Å²) in [6.45, 7) is 1.94. The quantitative estimate of drug-likeness (QED) is 0.397. The highest BCUT2D eigenvalue weighted by atomic mass is 16.6. The lowest BCUT2D eigenvalue weighted by Crippen LogP contribution is -2.17. The van der Waals surface area contributed by atoms with Gasteiger partial charge in [-0.15, -0.1) is 0 Å². The number of rotatable bonds is 6. The zero-order valence-corrected chi connectivity index (χ0v) is 15.2. The van der Waals surface area contributed by atoms with E-state index in [0.29, 0.717) is 28.4 Å². The van der Waals surface area contributed by atoms with Gasteiger partial charge < -0.3 is 9.15 Å². The molecule has 28 heavy (non-hydrogen) atoms. The number of benzene rings is 2. The van der Waals surface area contributed by atoms with E-state index in [1.807, 2.05) is 19.1 Å². The van der Waals surface area contributed by atoms with Gasteiger partial charge in [0.05, 0.1) is 23.8 Å². The van der Waals surface area contributed by atoms with E-state index in [4.69, 9.17) is 9.15 Å². The van der Waals surface area contributed by atoms with E-state index >= 15 is 0 Å². The summed E-state index contributed by atoms with van der Waals surface area (Å²) in [5.74, 6) is 0.846. The summed E-state index contributed by atoms with van der Waals surface area (Å²) in [5.41, 5.74) is 4.33.